The van der Waals surface area contributed by atoms with Gasteiger partial charge in [0.15, 0.2) is 0 Å². The number of rotatable bonds is 2. The molecule has 0 N–H and O–H groups in total. The molecule has 4 nitrogen and oxygen atoms in total. The number of hydrogen-bond acceptors (Lipinski definition) is 4. The van der Waals surface area contributed by atoms with Crippen LogP contribution in [-0.2, 0) is 4.74 Å². The number of hydrogen-bond donors (Lipinski definition) is 0. The Kier molecular flexibility index (Phi) is 2.62. The maximum atomic E-state index is 5.20. The Labute approximate surface area is 76.8 Å². The van der Waals surface area contributed by atoms with Gasteiger partial charge in [0.2, 0.25) is 0 Å². The third-order valence-electron chi connectivity index (χ3n) is 1.88. The first-order valence-corrected chi connectivity index (χ1v) is 4.35. The van der Waals surface area contributed by atoms with Gasteiger partial charge in [0.05, 0.1) is 38.8 Å². The molecule has 0 saturated carbocycles. The zero-order valence-corrected chi connectivity index (χ0v) is 7.35. The van der Waals surface area contributed by atoms with E-state index in [0.717, 1.165) is 32.1 Å². The van der Waals surface area contributed by atoms with Crippen LogP contribution in [0.3, 0.4) is 0 Å². The van der Waals surface area contributed by atoms with Gasteiger partial charge in [0, 0.05) is 0 Å². The van der Waals surface area contributed by atoms with Crippen molar-refractivity contribution in [3.63, 3.8) is 0 Å². The maximum Gasteiger partial charge on any atom is 0.146 e. The minimum Gasteiger partial charge on any atom is -0.463 e. The van der Waals surface area contributed by atoms with Crippen LogP contribution >= 0.6 is 0 Å². The van der Waals surface area contributed by atoms with Gasteiger partial charge in [-0.3, -0.25) is 5.01 Å². The van der Waals surface area contributed by atoms with Crippen molar-refractivity contribution in [2.45, 2.75) is 0 Å². The average molecular weight is 180 g/mol. The monoisotopic (exact) mass is 180 g/mol. The summed E-state index contributed by atoms with van der Waals surface area (Å²) in [6, 6.07) is 3.73. The zero-order valence-electron chi connectivity index (χ0n) is 7.35. The van der Waals surface area contributed by atoms with Crippen LogP contribution in [-0.4, -0.2) is 37.5 Å². The molecule has 0 unspecified atom stereocenters. The summed E-state index contributed by atoms with van der Waals surface area (Å²) in [6.45, 7) is 3.24. The lowest BCUT2D eigenvalue weighted by Crippen LogP contribution is -2.32. The van der Waals surface area contributed by atoms with Crippen LogP contribution in [0.25, 0.3) is 0 Å². The predicted molar refractivity (Wildman–Crippen MR) is 48.7 cm³/mol. The normalized spacial score (nSPS) is 18.3. The van der Waals surface area contributed by atoms with Gasteiger partial charge in [-0.2, -0.15) is 5.10 Å². The molecule has 4 heteroatoms. The fraction of sp³-hybridized carbons (Fsp3) is 0.444. The van der Waals surface area contributed by atoms with Crippen LogP contribution in [0, 0.1) is 0 Å². The summed E-state index contributed by atoms with van der Waals surface area (Å²) in [5.41, 5.74) is 0. The van der Waals surface area contributed by atoms with Gasteiger partial charge in [0.25, 0.3) is 0 Å². The second kappa shape index (κ2) is 4.09. The van der Waals surface area contributed by atoms with Crippen LogP contribution in [0.4, 0.5) is 0 Å². The molecule has 0 spiro atoms. The van der Waals surface area contributed by atoms with E-state index in [2.05, 4.69) is 5.10 Å². The Morgan fingerprint density at radius 1 is 1.38 bits per heavy atom. The number of hydrazone groups is 1. The second-order valence-corrected chi connectivity index (χ2v) is 2.83. The number of ether oxygens (including phenoxy) is 1. The first kappa shape index (κ1) is 8.31. The van der Waals surface area contributed by atoms with Crippen LogP contribution in [0.1, 0.15) is 5.76 Å². The average Bonchev–Trinajstić information content (AvgIpc) is 2.69. The van der Waals surface area contributed by atoms with Crippen molar-refractivity contribution in [2.75, 3.05) is 26.3 Å². The van der Waals surface area contributed by atoms with Gasteiger partial charge < -0.3 is 9.15 Å². The van der Waals surface area contributed by atoms with Crippen molar-refractivity contribution in [1.29, 1.82) is 0 Å². The molecule has 70 valence electrons. The molecule has 0 aromatic carbocycles. The molecule has 13 heavy (non-hydrogen) atoms. The topological polar surface area (TPSA) is 38.0 Å². The van der Waals surface area contributed by atoms with Gasteiger partial charge in [-0.05, 0) is 12.1 Å². The van der Waals surface area contributed by atoms with E-state index < -0.39 is 0 Å². The number of morpholine rings is 1. The summed E-state index contributed by atoms with van der Waals surface area (Å²) in [4.78, 5) is 0. The summed E-state index contributed by atoms with van der Waals surface area (Å²) in [7, 11) is 0. The van der Waals surface area contributed by atoms with E-state index in [4.69, 9.17) is 9.15 Å². The Morgan fingerprint density at radius 3 is 2.92 bits per heavy atom. The van der Waals surface area contributed by atoms with Gasteiger partial charge >= 0.3 is 0 Å². The quantitative estimate of drug-likeness (QED) is 0.636. The Morgan fingerprint density at radius 2 is 2.23 bits per heavy atom. The highest BCUT2D eigenvalue weighted by Gasteiger charge is 2.06. The van der Waals surface area contributed by atoms with E-state index >= 15 is 0 Å². The van der Waals surface area contributed by atoms with Crippen molar-refractivity contribution in [3.05, 3.63) is 24.2 Å². The lowest BCUT2D eigenvalue weighted by molar-refractivity contribution is 0.0396. The lowest BCUT2D eigenvalue weighted by atomic mass is 10.5. The number of furan rings is 1. The van der Waals surface area contributed by atoms with Crippen molar-refractivity contribution < 1.29 is 9.15 Å². The van der Waals surface area contributed by atoms with E-state index in [9.17, 15) is 0 Å². The zero-order chi connectivity index (χ0) is 8.93. The molecule has 1 aliphatic rings. The highest BCUT2D eigenvalue weighted by Crippen LogP contribution is 1.99. The minimum atomic E-state index is 0.759. The van der Waals surface area contributed by atoms with Gasteiger partial charge in [0.1, 0.15) is 5.76 Å². The Balaban J connectivity index is 1.89. The fourth-order valence-corrected chi connectivity index (χ4v) is 1.17. The number of nitrogens with zero attached hydrogens (tertiary/aromatic N) is 2. The van der Waals surface area contributed by atoms with E-state index in [0.29, 0.717) is 0 Å². The van der Waals surface area contributed by atoms with Gasteiger partial charge in [-0.25, -0.2) is 0 Å². The van der Waals surface area contributed by atoms with E-state index in [1.165, 1.54) is 0 Å². The highest BCUT2D eigenvalue weighted by molar-refractivity contribution is 5.75. The highest BCUT2D eigenvalue weighted by atomic mass is 16.5. The molecular weight excluding hydrogens is 168 g/mol. The molecule has 1 aromatic heterocycles. The minimum absolute atomic E-state index is 0.759. The predicted octanol–water partition coefficient (Wildman–Crippen LogP) is 0.946. The van der Waals surface area contributed by atoms with Crippen LogP contribution in [0.15, 0.2) is 27.9 Å². The molecule has 0 atom stereocenters. The van der Waals surface area contributed by atoms with E-state index in [-0.39, 0.29) is 0 Å². The summed E-state index contributed by atoms with van der Waals surface area (Å²) in [6.07, 6.45) is 3.37. The van der Waals surface area contributed by atoms with Crippen LogP contribution < -0.4 is 0 Å². The molecule has 2 rings (SSSR count). The standard InChI is InChI=1S/C9H12N2O2/c1-2-9(13-5-1)8-10-11-3-6-12-7-4-11/h1-2,5,8H,3-4,6-7H2/b10-8-. The summed E-state index contributed by atoms with van der Waals surface area (Å²) >= 11 is 0. The van der Waals surface area contributed by atoms with E-state index in [1.54, 1.807) is 12.5 Å². The lowest BCUT2D eigenvalue weighted by Gasteiger charge is -2.23. The third kappa shape index (κ3) is 2.32. The summed E-state index contributed by atoms with van der Waals surface area (Å²) in [5.74, 6) is 0.784. The van der Waals surface area contributed by atoms with Crippen molar-refractivity contribution in [1.82, 2.24) is 5.01 Å². The first-order valence-electron chi connectivity index (χ1n) is 4.35. The molecule has 1 saturated heterocycles. The molecule has 0 aliphatic carbocycles. The molecular formula is C9H12N2O2. The van der Waals surface area contributed by atoms with Gasteiger partial charge in [-0.1, -0.05) is 0 Å². The smallest absolute Gasteiger partial charge is 0.146 e. The van der Waals surface area contributed by atoms with Crippen LogP contribution in [0.2, 0.25) is 0 Å². The third-order valence-corrected chi connectivity index (χ3v) is 1.88. The molecule has 1 fully saturated rings. The fourth-order valence-electron chi connectivity index (χ4n) is 1.17. The van der Waals surface area contributed by atoms with E-state index in [1.807, 2.05) is 17.1 Å². The first-order chi connectivity index (χ1) is 6.45. The molecule has 0 bridgehead atoms. The van der Waals surface area contributed by atoms with Crippen molar-refractivity contribution >= 4 is 6.21 Å². The van der Waals surface area contributed by atoms with Gasteiger partial charge in [-0.15, -0.1) is 0 Å². The summed E-state index contributed by atoms with van der Waals surface area (Å²) < 4.78 is 10.3. The SMILES string of the molecule is C(=N/N1CCOCC1)/c1ccco1. The Bertz CT molecular complexity index is 263. The summed E-state index contributed by atoms with van der Waals surface area (Å²) in [5, 5.41) is 6.24. The maximum absolute atomic E-state index is 5.20. The van der Waals surface area contributed by atoms with Crippen molar-refractivity contribution in [2.24, 2.45) is 5.10 Å². The molecule has 2 heterocycles. The van der Waals surface area contributed by atoms with Crippen molar-refractivity contribution in [3.8, 4) is 0 Å². The molecule has 1 aliphatic heterocycles. The second-order valence-electron chi connectivity index (χ2n) is 2.83. The Hall–Kier alpha value is -1.29. The largest absolute Gasteiger partial charge is 0.463 e. The molecule has 1 aromatic rings. The molecule has 0 radical (unpaired) electrons. The molecule has 0 amide bonds. The van der Waals surface area contributed by atoms with Crippen LogP contribution in [0.5, 0.6) is 0 Å².